The van der Waals surface area contributed by atoms with Gasteiger partial charge in [-0.3, -0.25) is 4.79 Å². The standard InChI is InChI=1S/C24H29N3O/c1-4-5-12-26-15-20(14-23(26)28)24-25-21-8-6-7-9-22(21)27(24)16-19-11-10-17(2)13-18(19)3/h6-11,13,20H,4-5,12,14-16H2,1-3H3/t20-/m1/s1. The molecule has 2 aromatic carbocycles. The molecule has 4 heteroatoms. The van der Waals surface area contributed by atoms with Gasteiger partial charge in [-0.15, -0.1) is 0 Å². The first-order chi connectivity index (χ1) is 13.6. The Kier molecular flexibility index (Phi) is 5.21. The number of carbonyl (C=O) groups is 1. The second kappa shape index (κ2) is 7.78. The highest BCUT2D eigenvalue weighted by Gasteiger charge is 2.33. The number of benzene rings is 2. The molecule has 3 aromatic rings. The van der Waals surface area contributed by atoms with E-state index in [0.29, 0.717) is 6.42 Å². The first-order valence-electron chi connectivity index (χ1n) is 10.4. The van der Waals surface area contributed by atoms with E-state index in [9.17, 15) is 4.79 Å². The molecule has 1 aliphatic heterocycles. The number of carbonyl (C=O) groups excluding carboxylic acids is 1. The van der Waals surface area contributed by atoms with Crippen molar-refractivity contribution in [3.05, 3.63) is 65.0 Å². The van der Waals surface area contributed by atoms with E-state index < -0.39 is 0 Å². The summed E-state index contributed by atoms with van der Waals surface area (Å²) < 4.78 is 2.33. The van der Waals surface area contributed by atoms with Crippen LogP contribution in [-0.4, -0.2) is 33.4 Å². The summed E-state index contributed by atoms with van der Waals surface area (Å²) in [5.74, 6) is 1.49. The molecule has 0 N–H and O–H groups in total. The van der Waals surface area contributed by atoms with E-state index in [1.807, 2.05) is 11.0 Å². The van der Waals surface area contributed by atoms with Crippen LogP contribution in [0.2, 0.25) is 0 Å². The van der Waals surface area contributed by atoms with Crippen molar-refractivity contribution in [2.75, 3.05) is 13.1 Å². The van der Waals surface area contributed by atoms with Gasteiger partial charge in [0.05, 0.1) is 11.0 Å². The molecule has 0 radical (unpaired) electrons. The van der Waals surface area contributed by atoms with Crippen LogP contribution in [0.4, 0.5) is 0 Å². The van der Waals surface area contributed by atoms with Crippen LogP contribution >= 0.6 is 0 Å². The lowest BCUT2D eigenvalue weighted by Gasteiger charge is -2.17. The number of unbranched alkanes of at least 4 members (excludes halogenated alkanes) is 1. The Morgan fingerprint density at radius 3 is 2.75 bits per heavy atom. The van der Waals surface area contributed by atoms with E-state index in [0.717, 1.165) is 49.3 Å². The van der Waals surface area contributed by atoms with Crippen LogP contribution in [0.15, 0.2) is 42.5 Å². The van der Waals surface area contributed by atoms with Crippen LogP contribution in [-0.2, 0) is 11.3 Å². The molecule has 1 fully saturated rings. The maximum Gasteiger partial charge on any atom is 0.223 e. The number of likely N-dealkylation sites (tertiary alicyclic amines) is 1. The predicted octanol–water partition coefficient (Wildman–Crippen LogP) is 4.82. The van der Waals surface area contributed by atoms with Crippen molar-refractivity contribution in [3.63, 3.8) is 0 Å². The Hall–Kier alpha value is -2.62. The highest BCUT2D eigenvalue weighted by Crippen LogP contribution is 2.31. The number of nitrogens with zero attached hydrogens (tertiary/aromatic N) is 3. The van der Waals surface area contributed by atoms with E-state index in [2.05, 4.69) is 61.7 Å². The van der Waals surface area contributed by atoms with Gasteiger partial charge < -0.3 is 9.47 Å². The van der Waals surface area contributed by atoms with E-state index in [1.54, 1.807) is 0 Å². The van der Waals surface area contributed by atoms with Crippen LogP contribution in [0.1, 0.15) is 54.6 Å². The highest BCUT2D eigenvalue weighted by atomic mass is 16.2. The molecule has 1 amide bonds. The summed E-state index contributed by atoms with van der Waals surface area (Å²) in [6.07, 6.45) is 2.75. The number of hydrogen-bond acceptors (Lipinski definition) is 2. The largest absolute Gasteiger partial charge is 0.342 e. The molecule has 4 nitrogen and oxygen atoms in total. The summed E-state index contributed by atoms with van der Waals surface area (Å²) in [7, 11) is 0. The quantitative estimate of drug-likeness (QED) is 0.620. The van der Waals surface area contributed by atoms with Crippen LogP contribution in [0.5, 0.6) is 0 Å². The summed E-state index contributed by atoms with van der Waals surface area (Å²) in [5, 5.41) is 0. The third-order valence-corrected chi connectivity index (χ3v) is 5.87. The molecular formula is C24H29N3O. The number of rotatable bonds is 6. The maximum atomic E-state index is 12.5. The molecule has 4 rings (SSSR count). The molecule has 1 atom stereocenters. The zero-order valence-corrected chi connectivity index (χ0v) is 17.1. The van der Waals surface area contributed by atoms with Crippen LogP contribution < -0.4 is 0 Å². The normalized spacial score (nSPS) is 17.0. The lowest BCUT2D eigenvalue weighted by atomic mass is 10.0. The summed E-state index contributed by atoms with van der Waals surface area (Å²) in [4.78, 5) is 19.5. The Morgan fingerprint density at radius 2 is 1.96 bits per heavy atom. The van der Waals surface area contributed by atoms with E-state index in [1.165, 1.54) is 16.7 Å². The predicted molar refractivity (Wildman–Crippen MR) is 114 cm³/mol. The second-order valence-corrected chi connectivity index (χ2v) is 8.07. The Labute approximate surface area is 167 Å². The fourth-order valence-electron chi connectivity index (χ4n) is 4.28. The molecule has 2 heterocycles. The van der Waals surface area contributed by atoms with Gasteiger partial charge in [0.2, 0.25) is 5.91 Å². The minimum atomic E-state index is 0.169. The third kappa shape index (κ3) is 3.56. The summed E-state index contributed by atoms with van der Waals surface area (Å²) in [6.45, 7) is 8.91. The molecule has 1 aromatic heterocycles. The van der Waals surface area contributed by atoms with Crippen LogP contribution in [0, 0.1) is 13.8 Å². The minimum absolute atomic E-state index is 0.169. The van der Waals surface area contributed by atoms with Gasteiger partial charge in [-0.2, -0.15) is 0 Å². The Bertz CT molecular complexity index is 1000. The summed E-state index contributed by atoms with van der Waals surface area (Å²) >= 11 is 0. The fourth-order valence-corrected chi connectivity index (χ4v) is 4.28. The number of aromatic nitrogens is 2. The van der Waals surface area contributed by atoms with Crippen molar-refractivity contribution in [2.45, 2.75) is 52.5 Å². The molecule has 0 saturated carbocycles. The smallest absolute Gasteiger partial charge is 0.223 e. The van der Waals surface area contributed by atoms with Crippen molar-refractivity contribution < 1.29 is 4.79 Å². The topological polar surface area (TPSA) is 38.1 Å². The highest BCUT2D eigenvalue weighted by molar-refractivity contribution is 5.81. The molecular weight excluding hydrogens is 346 g/mol. The molecule has 146 valence electrons. The lowest BCUT2D eigenvalue weighted by molar-refractivity contribution is -0.127. The molecule has 1 saturated heterocycles. The molecule has 28 heavy (non-hydrogen) atoms. The molecule has 0 spiro atoms. The SMILES string of the molecule is CCCCN1C[C@H](c2nc3ccccc3n2Cc2ccc(C)cc2C)CC1=O. The van der Waals surface area contributed by atoms with Gasteiger partial charge in [-0.1, -0.05) is 49.2 Å². The summed E-state index contributed by atoms with van der Waals surface area (Å²) in [5.41, 5.74) is 6.06. The lowest BCUT2D eigenvalue weighted by Crippen LogP contribution is -2.26. The van der Waals surface area contributed by atoms with Crippen molar-refractivity contribution in [2.24, 2.45) is 0 Å². The first-order valence-corrected chi connectivity index (χ1v) is 10.4. The van der Waals surface area contributed by atoms with E-state index in [4.69, 9.17) is 4.98 Å². The summed E-state index contributed by atoms with van der Waals surface area (Å²) in [6, 6.07) is 14.9. The van der Waals surface area contributed by atoms with Crippen molar-refractivity contribution in [1.82, 2.24) is 14.5 Å². The second-order valence-electron chi connectivity index (χ2n) is 8.07. The van der Waals surface area contributed by atoms with Crippen molar-refractivity contribution >= 4 is 16.9 Å². The number of para-hydroxylation sites is 2. The molecule has 1 aliphatic rings. The number of amides is 1. The molecule has 0 unspecified atom stereocenters. The third-order valence-electron chi connectivity index (χ3n) is 5.87. The van der Waals surface area contributed by atoms with E-state index >= 15 is 0 Å². The number of fused-ring (bicyclic) bond motifs is 1. The average Bonchev–Trinajstić information content (AvgIpc) is 3.23. The molecule has 0 bridgehead atoms. The van der Waals surface area contributed by atoms with Gasteiger partial charge in [0.15, 0.2) is 0 Å². The van der Waals surface area contributed by atoms with Gasteiger partial charge in [-0.25, -0.2) is 4.98 Å². The number of aryl methyl sites for hydroxylation is 2. The van der Waals surface area contributed by atoms with Gasteiger partial charge in [0.25, 0.3) is 0 Å². The van der Waals surface area contributed by atoms with Gasteiger partial charge >= 0.3 is 0 Å². The van der Waals surface area contributed by atoms with Crippen LogP contribution in [0.25, 0.3) is 11.0 Å². The number of imidazole rings is 1. The first kappa shape index (κ1) is 18.7. The van der Waals surface area contributed by atoms with Crippen molar-refractivity contribution in [3.8, 4) is 0 Å². The van der Waals surface area contributed by atoms with Gasteiger partial charge in [0, 0.05) is 32.0 Å². The Balaban J connectivity index is 1.71. The van der Waals surface area contributed by atoms with E-state index in [-0.39, 0.29) is 11.8 Å². The Morgan fingerprint density at radius 1 is 1.14 bits per heavy atom. The maximum absolute atomic E-state index is 12.5. The van der Waals surface area contributed by atoms with Crippen LogP contribution in [0.3, 0.4) is 0 Å². The van der Waals surface area contributed by atoms with Gasteiger partial charge in [-0.05, 0) is 43.5 Å². The van der Waals surface area contributed by atoms with Crippen molar-refractivity contribution in [1.29, 1.82) is 0 Å². The average molecular weight is 376 g/mol. The van der Waals surface area contributed by atoms with Gasteiger partial charge in [0.1, 0.15) is 5.82 Å². The zero-order chi connectivity index (χ0) is 19.7. The number of hydrogen-bond donors (Lipinski definition) is 0. The molecule has 0 aliphatic carbocycles. The minimum Gasteiger partial charge on any atom is -0.342 e. The fraction of sp³-hybridized carbons (Fsp3) is 0.417. The zero-order valence-electron chi connectivity index (χ0n) is 17.1. The monoisotopic (exact) mass is 375 g/mol.